The summed E-state index contributed by atoms with van der Waals surface area (Å²) in [6.07, 6.45) is 2.98. The summed E-state index contributed by atoms with van der Waals surface area (Å²) >= 11 is 3.60. The average molecular weight is 228 g/mol. The summed E-state index contributed by atoms with van der Waals surface area (Å²) in [5.41, 5.74) is 1.18. The summed E-state index contributed by atoms with van der Waals surface area (Å²) in [7, 11) is 0. The maximum Gasteiger partial charge on any atom is 0.0445 e. The van der Waals surface area contributed by atoms with Gasteiger partial charge in [-0.25, -0.2) is 0 Å². The van der Waals surface area contributed by atoms with Gasteiger partial charge in [-0.3, -0.25) is 4.98 Å². The molecule has 0 aliphatic carbocycles. The van der Waals surface area contributed by atoms with Crippen molar-refractivity contribution in [3.63, 3.8) is 0 Å². The van der Waals surface area contributed by atoms with Gasteiger partial charge >= 0.3 is 0 Å². The zero-order chi connectivity index (χ0) is 8.97. The smallest absolute Gasteiger partial charge is 0.0445 e. The van der Waals surface area contributed by atoms with Crippen molar-refractivity contribution in [1.82, 2.24) is 4.98 Å². The van der Waals surface area contributed by atoms with E-state index < -0.39 is 0 Å². The van der Waals surface area contributed by atoms with Gasteiger partial charge < -0.3 is 0 Å². The molecular weight excluding hydrogens is 214 g/mol. The van der Waals surface area contributed by atoms with Crippen LogP contribution in [0.15, 0.2) is 24.4 Å². The van der Waals surface area contributed by atoms with Crippen LogP contribution in [0.2, 0.25) is 0 Å². The first-order valence-electron chi connectivity index (χ1n) is 4.30. The topological polar surface area (TPSA) is 12.9 Å². The van der Waals surface area contributed by atoms with Gasteiger partial charge in [0.15, 0.2) is 0 Å². The van der Waals surface area contributed by atoms with Gasteiger partial charge in [0.05, 0.1) is 0 Å². The molecule has 2 unspecified atom stereocenters. The lowest BCUT2D eigenvalue weighted by molar-refractivity contribution is 0.643. The van der Waals surface area contributed by atoms with Crippen LogP contribution in [0.5, 0.6) is 0 Å². The fourth-order valence-corrected chi connectivity index (χ4v) is 2.01. The largest absolute Gasteiger partial charge is 0.261 e. The van der Waals surface area contributed by atoms with Crippen molar-refractivity contribution in [2.24, 2.45) is 0 Å². The van der Waals surface area contributed by atoms with Gasteiger partial charge in [0, 0.05) is 22.6 Å². The van der Waals surface area contributed by atoms with E-state index in [1.165, 1.54) is 5.69 Å². The molecule has 1 rings (SSSR count). The van der Waals surface area contributed by atoms with Gasteiger partial charge in [-0.2, -0.15) is 0 Å². The monoisotopic (exact) mass is 227 g/mol. The fraction of sp³-hybridized carbons (Fsp3) is 0.500. The van der Waals surface area contributed by atoms with Crippen LogP contribution in [-0.4, -0.2) is 9.81 Å². The summed E-state index contributed by atoms with van der Waals surface area (Å²) in [4.78, 5) is 4.84. The zero-order valence-corrected chi connectivity index (χ0v) is 9.08. The minimum absolute atomic E-state index is 0.498. The Kier molecular flexibility index (Phi) is 3.73. The fourth-order valence-electron chi connectivity index (χ4n) is 1.36. The highest BCUT2D eigenvalue weighted by Crippen LogP contribution is 2.25. The van der Waals surface area contributed by atoms with Crippen LogP contribution in [0, 0.1) is 0 Å². The SMILES string of the molecule is CCC(c1ccccn1)C(C)Br. The molecular formula is C10H14BrN. The number of halogens is 1. The second-order valence-corrected chi connectivity index (χ2v) is 4.39. The summed E-state index contributed by atoms with van der Waals surface area (Å²) in [5, 5.41) is 0. The number of pyridine rings is 1. The van der Waals surface area contributed by atoms with Crippen LogP contribution in [0.4, 0.5) is 0 Å². The van der Waals surface area contributed by atoms with Crippen molar-refractivity contribution < 1.29 is 0 Å². The standard InChI is InChI=1S/C10H14BrN/c1-3-9(8(2)11)10-6-4-5-7-12-10/h4-9H,3H2,1-2H3. The summed E-state index contributed by atoms with van der Waals surface area (Å²) in [5.74, 6) is 0.534. The van der Waals surface area contributed by atoms with E-state index in [9.17, 15) is 0 Å². The Labute approximate surface area is 82.3 Å². The van der Waals surface area contributed by atoms with Crippen molar-refractivity contribution in [2.75, 3.05) is 0 Å². The van der Waals surface area contributed by atoms with Gasteiger partial charge in [-0.05, 0) is 18.6 Å². The Morgan fingerprint density at radius 3 is 2.67 bits per heavy atom. The molecule has 12 heavy (non-hydrogen) atoms. The zero-order valence-electron chi connectivity index (χ0n) is 7.50. The number of hydrogen-bond donors (Lipinski definition) is 0. The van der Waals surface area contributed by atoms with Crippen molar-refractivity contribution >= 4 is 15.9 Å². The number of aromatic nitrogens is 1. The minimum atomic E-state index is 0.498. The van der Waals surface area contributed by atoms with Crippen molar-refractivity contribution in [1.29, 1.82) is 0 Å². The number of alkyl halides is 1. The van der Waals surface area contributed by atoms with E-state index in [0.29, 0.717) is 10.7 Å². The van der Waals surface area contributed by atoms with Crippen LogP contribution < -0.4 is 0 Å². The van der Waals surface area contributed by atoms with E-state index in [2.05, 4.69) is 40.8 Å². The van der Waals surface area contributed by atoms with Crippen LogP contribution >= 0.6 is 15.9 Å². The van der Waals surface area contributed by atoms with Crippen LogP contribution in [0.25, 0.3) is 0 Å². The molecule has 1 heterocycles. The molecule has 0 aliphatic heterocycles. The van der Waals surface area contributed by atoms with Gasteiger partial charge in [-0.1, -0.05) is 35.8 Å². The van der Waals surface area contributed by atoms with Gasteiger partial charge in [0.1, 0.15) is 0 Å². The van der Waals surface area contributed by atoms with Crippen LogP contribution in [-0.2, 0) is 0 Å². The van der Waals surface area contributed by atoms with E-state index in [1.54, 1.807) is 0 Å². The first-order chi connectivity index (χ1) is 5.75. The quantitative estimate of drug-likeness (QED) is 0.723. The Morgan fingerprint density at radius 2 is 2.25 bits per heavy atom. The molecule has 0 amide bonds. The minimum Gasteiger partial charge on any atom is -0.261 e. The summed E-state index contributed by atoms with van der Waals surface area (Å²) in [6, 6.07) is 6.08. The van der Waals surface area contributed by atoms with Crippen LogP contribution in [0.1, 0.15) is 31.9 Å². The Bertz CT molecular complexity index is 221. The van der Waals surface area contributed by atoms with E-state index in [4.69, 9.17) is 0 Å². The van der Waals surface area contributed by atoms with Gasteiger partial charge in [0.25, 0.3) is 0 Å². The van der Waals surface area contributed by atoms with Crippen molar-refractivity contribution in [2.45, 2.75) is 31.0 Å². The molecule has 0 radical (unpaired) electrons. The maximum atomic E-state index is 4.34. The Balaban J connectivity index is 2.80. The van der Waals surface area contributed by atoms with E-state index >= 15 is 0 Å². The first-order valence-corrected chi connectivity index (χ1v) is 5.22. The lowest BCUT2D eigenvalue weighted by Gasteiger charge is -2.16. The normalized spacial score (nSPS) is 15.6. The van der Waals surface area contributed by atoms with E-state index in [0.717, 1.165) is 6.42 Å². The molecule has 1 nitrogen and oxygen atoms in total. The Morgan fingerprint density at radius 1 is 1.50 bits per heavy atom. The third kappa shape index (κ3) is 2.31. The third-order valence-corrected chi connectivity index (χ3v) is 2.70. The molecule has 0 bridgehead atoms. The second kappa shape index (κ2) is 4.61. The van der Waals surface area contributed by atoms with Gasteiger partial charge in [-0.15, -0.1) is 0 Å². The molecule has 0 aromatic carbocycles. The van der Waals surface area contributed by atoms with Gasteiger partial charge in [0.2, 0.25) is 0 Å². The molecule has 0 saturated carbocycles. The summed E-state index contributed by atoms with van der Waals surface area (Å²) in [6.45, 7) is 4.36. The molecule has 0 spiro atoms. The number of nitrogens with zero attached hydrogens (tertiary/aromatic N) is 1. The maximum absolute atomic E-state index is 4.34. The average Bonchev–Trinajstić information content (AvgIpc) is 2.07. The van der Waals surface area contributed by atoms with Crippen molar-refractivity contribution in [3.8, 4) is 0 Å². The molecule has 0 aliphatic rings. The highest BCUT2D eigenvalue weighted by molar-refractivity contribution is 9.09. The van der Waals surface area contributed by atoms with E-state index in [-0.39, 0.29) is 0 Å². The lowest BCUT2D eigenvalue weighted by Crippen LogP contribution is -2.09. The molecule has 66 valence electrons. The highest BCUT2D eigenvalue weighted by Gasteiger charge is 2.15. The molecule has 0 fully saturated rings. The number of rotatable bonds is 3. The second-order valence-electron chi connectivity index (χ2n) is 2.95. The molecule has 0 N–H and O–H groups in total. The molecule has 0 saturated heterocycles. The molecule has 2 heteroatoms. The van der Waals surface area contributed by atoms with Crippen molar-refractivity contribution in [3.05, 3.63) is 30.1 Å². The highest BCUT2D eigenvalue weighted by atomic mass is 79.9. The molecule has 1 aromatic heterocycles. The number of hydrogen-bond acceptors (Lipinski definition) is 1. The van der Waals surface area contributed by atoms with E-state index in [1.807, 2.05) is 18.3 Å². The van der Waals surface area contributed by atoms with Crippen LogP contribution in [0.3, 0.4) is 0 Å². The summed E-state index contributed by atoms with van der Waals surface area (Å²) < 4.78 is 0. The molecule has 2 atom stereocenters. The predicted octanol–water partition coefficient (Wildman–Crippen LogP) is 3.36. The predicted molar refractivity (Wildman–Crippen MR) is 55.7 cm³/mol. The Hall–Kier alpha value is -0.370. The first kappa shape index (κ1) is 9.72. The third-order valence-electron chi connectivity index (χ3n) is 2.06. The molecule has 1 aromatic rings. The lowest BCUT2D eigenvalue weighted by atomic mass is 9.99.